The Bertz CT molecular complexity index is 661. The van der Waals surface area contributed by atoms with Gasteiger partial charge in [0.25, 0.3) is 0 Å². The van der Waals surface area contributed by atoms with Crippen LogP contribution >= 0.6 is 22.7 Å². The number of nitrogens with zero attached hydrogens (tertiary/aromatic N) is 1. The fourth-order valence-corrected chi connectivity index (χ4v) is 4.77. The van der Waals surface area contributed by atoms with Crippen LogP contribution < -0.4 is 10.0 Å². The zero-order valence-electron chi connectivity index (χ0n) is 11.3. The van der Waals surface area contributed by atoms with Gasteiger partial charge in [-0.3, -0.25) is 0 Å². The van der Waals surface area contributed by atoms with Gasteiger partial charge in [-0.1, -0.05) is 0 Å². The molecule has 2 rings (SSSR count). The van der Waals surface area contributed by atoms with Gasteiger partial charge in [0.2, 0.25) is 10.0 Å². The highest BCUT2D eigenvalue weighted by Gasteiger charge is 2.16. The Morgan fingerprint density at radius 2 is 2.15 bits per heavy atom. The van der Waals surface area contributed by atoms with Crippen LogP contribution in [0.1, 0.15) is 15.6 Å². The summed E-state index contributed by atoms with van der Waals surface area (Å²) in [5.41, 5.74) is 0.928. The fraction of sp³-hybridized carbons (Fsp3) is 0.417. The van der Waals surface area contributed by atoms with Gasteiger partial charge in [-0.05, 0) is 26.1 Å². The van der Waals surface area contributed by atoms with E-state index in [0.29, 0.717) is 23.7 Å². The molecule has 8 heteroatoms. The molecule has 2 N–H and O–H groups in total. The van der Waals surface area contributed by atoms with Gasteiger partial charge in [-0.25, -0.2) is 18.1 Å². The number of rotatable bonds is 7. The summed E-state index contributed by atoms with van der Waals surface area (Å²) >= 11 is 2.86. The van der Waals surface area contributed by atoms with Crippen LogP contribution in [0.15, 0.2) is 21.7 Å². The second-order valence-electron chi connectivity index (χ2n) is 4.26. The lowest BCUT2D eigenvalue weighted by Gasteiger charge is -2.03. The van der Waals surface area contributed by atoms with Gasteiger partial charge >= 0.3 is 0 Å². The number of sulfonamides is 1. The lowest BCUT2D eigenvalue weighted by atomic mass is 10.3. The molecule has 0 bridgehead atoms. The molecule has 2 aromatic heterocycles. The van der Waals surface area contributed by atoms with Crippen molar-refractivity contribution < 1.29 is 8.42 Å². The third-order valence-electron chi connectivity index (χ3n) is 2.59. The Kier molecular flexibility index (Phi) is 5.28. The average molecular weight is 331 g/mol. The van der Waals surface area contributed by atoms with Crippen LogP contribution in [-0.4, -0.2) is 27.0 Å². The summed E-state index contributed by atoms with van der Waals surface area (Å²) in [6, 6.07) is 3.48. The van der Waals surface area contributed by atoms with E-state index in [1.54, 1.807) is 17.4 Å². The van der Waals surface area contributed by atoms with E-state index in [4.69, 9.17) is 0 Å². The minimum absolute atomic E-state index is 0.359. The van der Waals surface area contributed by atoms with Crippen LogP contribution in [0.25, 0.3) is 0 Å². The summed E-state index contributed by atoms with van der Waals surface area (Å²) < 4.78 is 27.2. The maximum absolute atomic E-state index is 12.1. The molecule has 0 saturated carbocycles. The van der Waals surface area contributed by atoms with Gasteiger partial charge in [-0.2, -0.15) is 0 Å². The van der Waals surface area contributed by atoms with Gasteiger partial charge in [0, 0.05) is 29.8 Å². The topological polar surface area (TPSA) is 71.1 Å². The molecule has 0 radical (unpaired) electrons. The molecule has 0 fully saturated rings. The molecule has 0 unspecified atom stereocenters. The molecule has 0 aliphatic carbocycles. The van der Waals surface area contributed by atoms with Crippen LogP contribution in [0.5, 0.6) is 0 Å². The zero-order chi connectivity index (χ0) is 14.6. The Hall–Kier alpha value is -0.800. The number of hydrogen-bond donors (Lipinski definition) is 2. The van der Waals surface area contributed by atoms with Crippen molar-refractivity contribution in [3.05, 3.63) is 33.1 Å². The Morgan fingerprint density at radius 1 is 1.35 bits per heavy atom. The quantitative estimate of drug-likeness (QED) is 0.811. The summed E-state index contributed by atoms with van der Waals surface area (Å²) in [6.45, 7) is 2.98. The minimum Gasteiger partial charge on any atom is -0.315 e. The fourth-order valence-electron chi connectivity index (χ4n) is 1.68. The first kappa shape index (κ1) is 15.6. The van der Waals surface area contributed by atoms with E-state index in [-0.39, 0.29) is 0 Å². The summed E-state index contributed by atoms with van der Waals surface area (Å²) in [5.74, 6) is 0. The number of hydrogen-bond acceptors (Lipinski definition) is 6. The highest BCUT2D eigenvalue weighted by Crippen LogP contribution is 2.21. The second kappa shape index (κ2) is 6.77. The standard InChI is InChI=1S/C12H17N3O2S3/c1-9-15-10(8-18-9)5-6-14-20(16,17)12-4-3-11(19-12)7-13-2/h3-4,8,13-14H,5-7H2,1-2H3. The molecule has 2 heterocycles. The Balaban J connectivity index is 1.92. The highest BCUT2D eigenvalue weighted by molar-refractivity contribution is 7.91. The van der Waals surface area contributed by atoms with Crippen LogP contribution in [0, 0.1) is 6.92 Å². The van der Waals surface area contributed by atoms with Crippen molar-refractivity contribution in [3.63, 3.8) is 0 Å². The van der Waals surface area contributed by atoms with E-state index in [1.165, 1.54) is 11.3 Å². The minimum atomic E-state index is -3.40. The predicted octanol–water partition coefficient (Wildman–Crippen LogP) is 1.75. The van der Waals surface area contributed by atoms with Crippen molar-refractivity contribution in [1.82, 2.24) is 15.0 Å². The lowest BCUT2D eigenvalue weighted by molar-refractivity contribution is 0.583. The number of aromatic nitrogens is 1. The molecule has 0 saturated heterocycles. The largest absolute Gasteiger partial charge is 0.315 e. The van der Waals surface area contributed by atoms with E-state index in [2.05, 4.69) is 15.0 Å². The van der Waals surface area contributed by atoms with E-state index < -0.39 is 10.0 Å². The molecule has 0 amide bonds. The van der Waals surface area contributed by atoms with Gasteiger partial charge in [0.05, 0.1) is 10.7 Å². The molecule has 0 atom stereocenters. The molecular formula is C12H17N3O2S3. The second-order valence-corrected chi connectivity index (χ2v) is 8.48. The van der Waals surface area contributed by atoms with E-state index in [0.717, 1.165) is 15.6 Å². The predicted molar refractivity (Wildman–Crippen MR) is 82.8 cm³/mol. The third kappa shape index (κ3) is 4.10. The van der Waals surface area contributed by atoms with Crippen molar-refractivity contribution >= 4 is 32.7 Å². The van der Waals surface area contributed by atoms with Crippen LogP contribution in [0.3, 0.4) is 0 Å². The first-order valence-electron chi connectivity index (χ1n) is 6.15. The maximum Gasteiger partial charge on any atom is 0.250 e. The molecule has 20 heavy (non-hydrogen) atoms. The van der Waals surface area contributed by atoms with Crippen molar-refractivity contribution in [3.8, 4) is 0 Å². The zero-order valence-corrected chi connectivity index (χ0v) is 13.8. The van der Waals surface area contributed by atoms with E-state index in [1.807, 2.05) is 25.4 Å². The van der Waals surface area contributed by atoms with Crippen LogP contribution in [-0.2, 0) is 23.0 Å². The van der Waals surface area contributed by atoms with Gasteiger partial charge in [0.15, 0.2) is 0 Å². The summed E-state index contributed by atoms with van der Waals surface area (Å²) in [7, 11) is -1.57. The molecule has 0 aromatic carbocycles. The van der Waals surface area contributed by atoms with E-state index in [9.17, 15) is 8.42 Å². The van der Waals surface area contributed by atoms with Gasteiger partial charge < -0.3 is 5.32 Å². The van der Waals surface area contributed by atoms with Crippen molar-refractivity contribution in [2.45, 2.75) is 24.1 Å². The lowest BCUT2D eigenvalue weighted by Crippen LogP contribution is -2.25. The normalized spacial score (nSPS) is 11.9. The molecule has 0 aliphatic rings. The third-order valence-corrected chi connectivity index (χ3v) is 6.45. The van der Waals surface area contributed by atoms with Gasteiger partial charge in [-0.15, -0.1) is 22.7 Å². The monoisotopic (exact) mass is 331 g/mol. The number of nitrogens with one attached hydrogen (secondary N) is 2. The summed E-state index contributed by atoms with van der Waals surface area (Å²) in [5, 5.41) is 5.96. The number of thiophene rings is 1. The van der Waals surface area contributed by atoms with Crippen molar-refractivity contribution in [2.24, 2.45) is 0 Å². The summed E-state index contributed by atoms with van der Waals surface area (Å²) in [4.78, 5) is 5.31. The maximum atomic E-state index is 12.1. The molecule has 0 spiro atoms. The smallest absolute Gasteiger partial charge is 0.250 e. The SMILES string of the molecule is CNCc1ccc(S(=O)(=O)NCCc2csc(C)n2)s1. The molecule has 5 nitrogen and oxygen atoms in total. The molecule has 110 valence electrons. The number of thiazole rings is 1. The highest BCUT2D eigenvalue weighted by atomic mass is 32.2. The van der Waals surface area contributed by atoms with E-state index >= 15 is 0 Å². The van der Waals surface area contributed by atoms with Crippen LogP contribution in [0.2, 0.25) is 0 Å². The Labute approximate surface area is 127 Å². The first-order chi connectivity index (χ1) is 9.51. The molecule has 2 aromatic rings. The Morgan fingerprint density at radius 3 is 2.80 bits per heavy atom. The van der Waals surface area contributed by atoms with Crippen molar-refractivity contribution in [2.75, 3.05) is 13.6 Å². The van der Waals surface area contributed by atoms with Gasteiger partial charge in [0.1, 0.15) is 4.21 Å². The summed E-state index contributed by atoms with van der Waals surface area (Å²) in [6.07, 6.45) is 0.609. The average Bonchev–Trinajstić information content (AvgIpc) is 2.99. The molecular weight excluding hydrogens is 314 g/mol. The van der Waals surface area contributed by atoms with Crippen LogP contribution in [0.4, 0.5) is 0 Å². The van der Waals surface area contributed by atoms with Crippen molar-refractivity contribution in [1.29, 1.82) is 0 Å². The first-order valence-corrected chi connectivity index (χ1v) is 9.33. The molecule has 0 aliphatic heterocycles. The number of aryl methyl sites for hydroxylation is 1.